The summed E-state index contributed by atoms with van der Waals surface area (Å²) in [6, 6.07) is 16.6. The van der Waals surface area contributed by atoms with E-state index < -0.39 is 5.72 Å². The predicted molar refractivity (Wildman–Crippen MR) is 111 cm³/mol. The molecule has 5 rings (SSSR count). The van der Waals surface area contributed by atoms with Crippen LogP contribution in [0.4, 0.5) is 5.69 Å². The minimum absolute atomic E-state index is 0.394. The molecule has 5 nitrogen and oxygen atoms in total. The number of hydrogen-bond acceptors (Lipinski definition) is 6. The van der Waals surface area contributed by atoms with Crippen LogP contribution in [0.2, 0.25) is 0 Å². The normalized spacial score (nSPS) is 16.6. The van der Waals surface area contributed by atoms with E-state index in [0.717, 1.165) is 42.7 Å². The molecule has 1 aliphatic carbocycles. The number of para-hydroxylation sites is 1. The van der Waals surface area contributed by atoms with Gasteiger partial charge < -0.3 is 10.1 Å². The average molecular weight is 391 g/mol. The van der Waals surface area contributed by atoms with E-state index in [1.165, 1.54) is 11.1 Å². The van der Waals surface area contributed by atoms with Crippen molar-refractivity contribution in [3.8, 4) is 17.1 Å². The fraction of sp³-hybridized carbons (Fsp3) is 0.318. The molecule has 2 heterocycles. The van der Waals surface area contributed by atoms with Crippen molar-refractivity contribution in [1.82, 2.24) is 15.2 Å². The standard InChI is InChI=1S/C22H22N4OS/c1-15-8-2-3-9-16(15)14-28-21-23-20-19(25-26-21)17-10-4-5-11-18(17)24-22(27-20)12-6-7-13-22/h2-5,8-11,24H,6-7,12-14H2,1H3. The van der Waals surface area contributed by atoms with Crippen LogP contribution in [0.1, 0.15) is 36.8 Å². The average Bonchev–Trinajstić information content (AvgIpc) is 3.10. The summed E-state index contributed by atoms with van der Waals surface area (Å²) in [5, 5.41) is 13.2. The van der Waals surface area contributed by atoms with E-state index >= 15 is 0 Å². The molecule has 3 aromatic rings. The predicted octanol–water partition coefficient (Wildman–Crippen LogP) is 5.21. The quantitative estimate of drug-likeness (QED) is 0.619. The van der Waals surface area contributed by atoms with E-state index in [9.17, 15) is 0 Å². The third-order valence-corrected chi connectivity index (χ3v) is 6.39. The van der Waals surface area contributed by atoms with E-state index in [1.54, 1.807) is 11.8 Å². The summed E-state index contributed by atoms with van der Waals surface area (Å²) >= 11 is 1.59. The molecule has 0 saturated heterocycles. The molecule has 2 aromatic carbocycles. The number of anilines is 1. The highest BCUT2D eigenvalue weighted by atomic mass is 32.2. The van der Waals surface area contributed by atoms with Crippen molar-refractivity contribution in [3.63, 3.8) is 0 Å². The van der Waals surface area contributed by atoms with E-state index in [1.807, 2.05) is 12.1 Å². The number of aryl methyl sites for hydroxylation is 1. The lowest BCUT2D eigenvalue weighted by atomic mass is 10.1. The zero-order valence-corrected chi connectivity index (χ0v) is 16.6. The van der Waals surface area contributed by atoms with Crippen LogP contribution in [0.15, 0.2) is 53.7 Å². The Bertz CT molecular complexity index is 1020. The lowest BCUT2D eigenvalue weighted by molar-refractivity contribution is 0.101. The second kappa shape index (κ2) is 7.09. The summed E-state index contributed by atoms with van der Waals surface area (Å²) in [4.78, 5) is 4.76. The number of benzene rings is 2. The monoisotopic (exact) mass is 390 g/mol. The van der Waals surface area contributed by atoms with Crippen LogP contribution < -0.4 is 10.1 Å². The third-order valence-electron chi connectivity index (χ3n) is 5.50. The molecule has 2 aliphatic rings. The van der Waals surface area contributed by atoms with Gasteiger partial charge in [0.25, 0.3) is 0 Å². The highest BCUT2D eigenvalue weighted by molar-refractivity contribution is 7.98. The van der Waals surface area contributed by atoms with Crippen LogP contribution in [0.5, 0.6) is 5.88 Å². The first-order valence-corrected chi connectivity index (χ1v) is 10.7. The number of rotatable bonds is 3. The molecule has 0 unspecified atom stereocenters. The third kappa shape index (κ3) is 3.22. The number of thioether (sulfide) groups is 1. The number of nitrogens with zero attached hydrogens (tertiary/aromatic N) is 3. The van der Waals surface area contributed by atoms with Crippen LogP contribution in [0, 0.1) is 6.92 Å². The van der Waals surface area contributed by atoms with Crippen LogP contribution in [-0.4, -0.2) is 20.9 Å². The molecule has 0 amide bonds. The Morgan fingerprint density at radius 1 is 1.04 bits per heavy atom. The molecule has 1 saturated carbocycles. The van der Waals surface area contributed by atoms with Crippen molar-refractivity contribution in [3.05, 3.63) is 59.7 Å². The molecular formula is C22H22N4OS. The highest BCUT2D eigenvalue weighted by Gasteiger charge is 2.40. The maximum absolute atomic E-state index is 6.47. The van der Waals surface area contributed by atoms with Gasteiger partial charge in [0.15, 0.2) is 11.4 Å². The van der Waals surface area contributed by atoms with Gasteiger partial charge in [0, 0.05) is 29.8 Å². The van der Waals surface area contributed by atoms with E-state index in [0.29, 0.717) is 16.7 Å². The van der Waals surface area contributed by atoms with Crippen molar-refractivity contribution in [1.29, 1.82) is 0 Å². The summed E-state index contributed by atoms with van der Waals surface area (Å²) in [5.74, 6) is 1.40. The molecule has 28 heavy (non-hydrogen) atoms. The summed E-state index contributed by atoms with van der Waals surface area (Å²) in [5.41, 5.74) is 4.92. The Hall–Kier alpha value is -2.60. The van der Waals surface area contributed by atoms with Crippen LogP contribution in [0.3, 0.4) is 0 Å². The van der Waals surface area contributed by atoms with Gasteiger partial charge in [-0.1, -0.05) is 54.2 Å². The minimum atomic E-state index is -0.394. The number of fused-ring (bicyclic) bond motifs is 3. The van der Waals surface area contributed by atoms with Gasteiger partial charge in [-0.05, 0) is 37.0 Å². The summed E-state index contributed by atoms with van der Waals surface area (Å²) < 4.78 is 6.47. The number of nitrogens with one attached hydrogen (secondary N) is 1. The Morgan fingerprint density at radius 3 is 2.68 bits per heavy atom. The molecule has 0 radical (unpaired) electrons. The first kappa shape index (κ1) is 17.5. The zero-order valence-electron chi connectivity index (χ0n) is 15.8. The fourth-order valence-electron chi connectivity index (χ4n) is 3.94. The van der Waals surface area contributed by atoms with Crippen LogP contribution in [0.25, 0.3) is 11.3 Å². The van der Waals surface area contributed by atoms with Gasteiger partial charge in [0.05, 0.1) is 0 Å². The maximum Gasteiger partial charge on any atom is 0.247 e. The molecule has 0 atom stereocenters. The maximum atomic E-state index is 6.47. The lowest BCUT2D eigenvalue weighted by Crippen LogP contribution is -2.41. The van der Waals surface area contributed by atoms with Crippen molar-refractivity contribution < 1.29 is 4.74 Å². The van der Waals surface area contributed by atoms with Gasteiger partial charge >= 0.3 is 0 Å². The Kier molecular flexibility index (Phi) is 4.43. The molecule has 142 valence electrons. The van der Waals surface area contributed by atoms with Gasteiger partial charge in [-0.25, -0.2) is 0 Å². The molecule has 1 aromatic heterocycles. The molecule has 1 spiro atoms. The van der Waals surface area contributed by atoms with Crippen molar-refractivity contribution in [2.24, 2.45) is 0 Å². The molecule has 1 fully saturated rings. The molecule has 1 N–H and O–H groups in total. The Morgan fingerprint density at radius 2 is 1.82 bits per heavy atom. The largest absolute Gasteiger partial charge is 0.449 e. The van der Waals surface area contributed by atoms with Crippen molar-refractivity contribution in [2.75, 3.05) is 5.32 Å². The molecule has 1 aliphatic heterocycles. The van der Waals surface area contributed by atoms with Gasteiger partial charge in [-0.3, -0.25) is 0 Å². The summed E-state index contributed by atoms with van der Waals surface area (Å²) in [7, 11) is 0. The van der Waals surface area contributed by atoms with Crippen LogP contribution >= 0.6 is 11.8 Å². The first-order valence-electron chi connectivity index (χ1n) is 9.71. The van der Waals surface area contributed by atoms with E-state index in [2.05, 4.69) is 58.8 Å². The Labute approximate surface area is 169 Å². The highest BCUT2D eigenvalue weighted by Crippen LogP contribution is 2.44. The summed E-state index contributed by atoms with van der Waals surface area (Å²) in [6.45, 7) is 2.13. The SMILES string of the molecule is Cc1ccccc1CSc1nnc2c(n1)OC1(CCCC1)Nc1ccccc1-2. The van der Waals surface area contributed by atoms with Gasteiger partial charge in [0.2, 0.25) is 11.0 Å². The number of aromatic nitrogens is 3. The number of hydrogen-bond donors (Lipinski definition) is 1. The molecule has 0 bridgehead atoms. The van der Waals surface area contributed by atoms with Gasteiger partial charge in [-0.15, -0.1) is 10.2 Å². The minimum Gasteiger partial charge on any atom is -0.449 e. The first-order chi connectivity index (χ1) is 13.7. The zero-order chi connectivity index (χ0) is 19.0. The smallest absolute Gasteiger partial charge is 0.247 e. The Balaban J connectivity index is 1.49. The van der Waals surface area contributed by atoms with E-state index in [-0.39, 0.29) is 0 Å². The number of ether oxygens (including phenoxy) is 1. The van der Waals surface area contributed by atoms with Gasteiger partial charge in [-0.2, -0.15) is 4.98 Å². The topological polar surface area (TPSA) is 59.9 Å². The lowest BCUT2D eigenvalue weighted by Gasteiger charge is -2.30. The second-order valence-electron chi connectivity index (χ2n) is 7.44. The van der Waals surface area contributed by atoms with Gasteiger partial charge in [0.1, 0.15) is 0 Å². The van der Waals surface area contributed by atoms with Crippen molar-refractivity contribution >= 4 is 17.4 Å². The van der Waals surface area contributed by atoms with E-state index in [4.69, 9.17) is 9.72 Å². The molecule has 6 heteroatoms. The second-order valence-corrected chi connectivity index (χ2v) is 8.38. The summed E-state index contributed by atoms with van der Waals surface area (Å²) in [6.07, 6.45) is 4.24. The van der Waals surface area contributed by atoms with Crippen molar-refractivity contribution in [2.45, 2.75) is 49.2 Å². The molecular weight excluding hydrogens is 368 g/mol. The van der Waals surface area contributed by atoms with Crippen LogP contribution in [-0.2, 0) is 5.75 Å². The fourth-order valence-corrected chi connectivity index (χ4v) is 4.80.